The summed E-state index contributed by atoms with van der Waals surface area (Å²) in [5.41, 5.74) is 0.237. The van der Waals surface area contributed by atoms with Gasteiger partial charge in [0, 0.05) is 12.1 Å². The third-order valence-electron chi connectivity index (χ3n) is 3.59. The molecule has 0 bridgehead atoms. The Morgan fingerprint density at radius 3 is 2.70 bits per heavy atom. The highest BCUT2D eigenvalue weighted by atomic mass is 32.2. The summed E-state index contributed by atoms with van der Waals surface area (Å²) in [5.74, 6) is 0. The molecule has 1 unspecified atom stereocenters. The van der Waals surface area contributed by atoms with Gasteiger partial charge in [0.25, 0.3) is 10.0 Å². The van der Waals surface area contributed by atoms with Crippen LogP contribution in [0.5, 0.6) is 0 Å². The molecular formula is C14H15NO3S2. The van der Waals surface area contributed by atoms with Crippen molar-refractivity contribution in [2.24, 2.45) is 0 Å². The van der Waals surface area contributed by atoms with Crippen molar-refractivity contribution in [3.63, 3.8) is 0 Å². The van der Waals surface area contributed by atoms with Crippen molar-refractivity contribution in [1.82, 2.24) is 0 Å². The van der Waals surface area contributed by atoms with Gasteiger partial charge in [-0.25, -0.2) is 8.42 Å². The van der Waals surface area contributed by atoms with E-state index in [0.29, 0.717) is 21.9 Å². The van der Waals surface area contributed by atoms with E-state index in [-0.39, 0.29) is 6.54 Å². The maximum atomic E-state index is 12.7. The van der Waals surface area contributed by atoms with Crippen LogP contribution in [-0.2, 0) is 15.6 Å². The zero-order chi connectivity index (χ0) is 14.4. The smallest absolute Gasteiger partial charge is 0.273 e. The van der Waals surface area contributed by atoms with Gasteiger partial charge in [-0.1, -0.05) is 24.3 Å². The first-order valence-corrected chi connectivity index (χ1v) is 8.63. The molecule has 1 aliphatic heterocycles. The number of anilines is 1. The Balaban J connectivity index is 2.14. The molecule has 6 heteroatoms. The largest absolute Gasteiger partial charge is 0.385 e. The minimum absolute atomic E-state index is 0.282. The van der Waals surface area contributed by atoms with Crippen molar-refractivity contribution in [1.29, 1.82) is 0 Å². The molecule has 1 N–H and O–H groups in total. The van der Waals surface area contributed by atoms with Crippen LogP contribution in [-0.4, -0.2) is 20.1 Å². The van der Waals surface area contributed by atoms with Crippen LogP contribution in [0.1, 0.15) is 18.9 Å². The number of thiophene rings is 1. The van der Waals surface area contributed by atoms with Crippen molar-refractivity contribution < 1.29 is 13.5 Å². The van der Waals surface area contributed by atoms with E-state index in [4.69, 9.17) is 0 Å². The topological polar surface area (TPSA) is 57.6 Å². The maximum Gasteiger partial charge on any atom is 0.273 e. The summed E-state index contributed by atoms with van der Waals surface area (Å²) in [6, 6.07) is 10.5. The molecule has 0 radical (unpaired) electrons. The summed E-state index contributed by atoms with van der Waals surface area (Å²) in [6.45, 7) is 2.01. The van der Waals surface area contributed by atoms with E-state index in [9.17, 15) is 13.5 Å². The maximum absolute atomic E-state index is 12.7. The number of para-hydroxylation sites is 1. The molecule has 1 aromatic carbocycles. The van der Waals surface area contributed by atoms with Crippen LogP contribution in [0.3, 0.4) is 0 Å². The highest BCUT2D eigenvalue weighted by Gasteiger charge is 2.38. The van der Waals surface area contributed by atoms with Gasteiger partial charge in [-0.2, -0.15) is 0 Å². The van der Waals surface area contributed by atoms with Crippen LogP contribution >= 0.6 is 11.3 Å². The van der Waals surface area contributed by atoms with Crippen LogP contribution in [0.15, 0.2) is 46.0 Å². The van der Waals surface area contributed by atoms with Crippen LogP contribution < -0.4 is 4.31 Å². The standard InChI is InChI=1S/C14H15NO3S2/c1-14(16)8-9-15(12-6-3-2-5-11(12)14)20(17,18)13-7-4-10-19-13/h2-7,10,16H,8-9H2,1H3. The molecule has 1 atom stereocenters. The summed E-state index contributed by atoms with van der Waals surface area (Å²) in [6.07, 6.45) is 0.384. The van der Waals surface area contributed by atoms with E-state index in [1.807, 2.05) is 6.07 Å². The number of rotatable bonds is 2. The molecule has 1 aromatic heterocycles. The second-order valence-electron chi connectivity index (χ2n) is 5.05. The summed E-state index contributed by atoms with van der Waals surface area (Å²) >= 11 is 1.21. The van der Waals surface area contributed by atoms with Crippen LogP contribution in [0.2, 0.25) is 0 Å². The zero-order valence-corrected chi connectivity index (χ0v) is 12.6. The monoisotopic (exact) mass is 309 g/mol. The molecular weight excluding hydrogens is 294 g/mol. The molecule has 2 aromatic rings. The Bertz CT molecular complexity index is 721. The van der Waals surface area contributed by atoms with Crippen molar-refractivity contribution in [2.45, 2.75) is 23.2 Å². The molecule has 0 amide bonds. The lowest BCUT2D eigenvalue weighted by atomic mass is 9.88. The van der Waals surface area contributed by atoms with Crippen LogP contribution in [0.4, 0.5) is 5.69 Å². The fourth-order valence-corrected chi connectivity index (χ4v) is 5.08. The normalized spacial score (nSPS) is 22.6. The van der Waals surface area contributed by atoms with Gasteiger partial charge in [0.05, 0.1) is 11.3 Å². The highest BCUT2D eigenvalue weighted by molar-refractivity contribution is 7.94. The first kappa shape index (κ1) is 13.6. The number of sulfonamides is 1. The van der Waals surface area contributed by atoms with Gasteiger partial charge in [0.15, 0.2) is 0 Å². The zero-order valence-electron chi connectivity index (χ0n) is 11.0. The molecule has 4 nitrogen and oxygen atoms in total. The van der Waals surface area contributed by atoms with E-state index in [0.717, 1.165) is 0 Å². The first-order chi connectivity index (χ1) is 9.43. The molecule has 3 rings (SSSR count). The average Bonchev–Trinajstić information content (AvgIpc) is 2.93. The summed E-state index contributed by atoms with van der Waals surface area (Å²) in [7, 11) is -3.54. The van der Waals surface area contributed by atoms with E-state index < -0.39 is 15.6 Å². The number of hydrogen-bond donors (Lipinski definition) is 1. The van der Waals surface area contributed by atoms with Crippen LogP contribution in [0.25, 0.3) is 0 Å². The fourth-order valence-electron chi connectivity index (χ4n) is 2.49. The minimum Gasteiger partial charge on any atom is -0.385 e. The van der Waals surface area contributed by atoms with Crippen molar-refractivity contribution in [3.05, 3.63) is 47.3 Å². The third kappa shape index (κ3) is 2.04. The highest BCUT2D eigenvalue weighted by Crippen LogP contribution is 2.40. The molecule has 106 valence electrons. The number of benzene rings is 1. The predicted octanol–water partition coefficient (Wildman–Crippen LogP) is 2.55. The first-order valence-electron chi connectivity index (χ1n) is 6.31. The lowest BCUT2D eigenvalue weighted by Gasteiger charge is -2.38. The summed E-state index contributed by atoms with van der Waals surface area (Å²) in [5, 5.41) is 12.2. The molecule has 0 saturated heterocycles. The van der Waals surface area contributed by atoms with E-state index >= 15 is 0 Å². The Morgan fingerprint density at radius 1 is 1.25 bits per heavy atom. The van der Waals surface area contributed by atoms with Crippen molar-refractivity contribution >= 4 is 27.0 Å². The Labute approximate surface area is 122 Å². The number of nitrogens with zero attached hydrogens (tertiary/aromatic N) is 1. The van der Waals surface area contributed by atoms with E-state index in [1.165, 1.54) is 15.6 Å². The number of aliphatic hydroxyl groups is 1. The Hall–Kier alpha value is -1.37. The Morgan fingerprint density at radius 2 is 2.00 bits per heavy atom. The van der Waals surface area contributed by atoms with Gasteiger partial charge in [0.2, 0.25) is 0 Å². The second-order valence-corrected chi connectivity index (χ2v) is 8.09. The van der Waals surface area contributed by atoms with Crippen molar-refractivity contribution in [2.75, 3.05) is 10.8 Å². The lowest BCUT2D eigenvalue weighted by molar-refractivity contribution is 0.0472. The molecule has 2 heterocycles. The summed E-state index contributed by atoms with van der Waals surface area (Å²) in [4.78, 5) is 0. The van der Waals surface area contributed by atoms with E-state index in [2.05, 4.69) is 0 Å². The van der Waals surface area contributed by atoms with Gasteiger partial charge in [-0.3, -0.25) is 4.31 Å². The van der Waals surface area contributed by atoms with Gasteiger partial charge >= 0.3 is 0 Å². The molecule has 0 fully saturated rings. The SMILES string of the molecule is CC1(O)CCN(S(=O)(=O)c2cccs2)c2ccccc21. The number of fused-ring (bicyclic) bond motifs is 1. The van der Waals surface area contributed by atoms with E-state index in [1.54, 1.807) is 42.6 Å². The van der Waals surface area contributed by atoms with Crippen LogP contribution in [0, 0.1) is 0 Å². The molecule has 0 saturated carbocycles. The molecule has 1 aliphatic rings. The van der Waals surface area contributed by atoms with Gasteiger partial charge in [-0.15, -0.1) is 11.3 Å². The predicted molar refractivity (Wildman–Crippen MR) is 79.5 cm³/mol. The Kier molecular flexibility index (Phi) is 3.12. The lowest BCUT2D eigenvalue weighted by Crippen LogP contribution is -2.41. The number of hydrogen-bond acceptors (Lipinski definition) is 4. The average molecular weight is 309 g/mol. The minimum atomic E-state index is -3.54. The molecule has 0 aliphatic carbocycles. The third-order valence-corrected chi connectivity index (χ3v) is 6.78. The molecule has 20 heavy (non-hydrogen) atoms. The summed E-state index contributed by atoms with van der Waals surface area (Å²) < 4.78 is 27.1. The van der Waals surface area contributed by atoms with Gasteiger partial charge in [0.1, 0.15) is 4.21 Å². The van der Waals surface area contributed by atoms with Gasteiger partial charge < -0.3 is 5.11 Å². The fraction of sp³-hybridized carbons (Fsp3) is 0.286. The van der Waals surface area contributed by atoms with Gasteiger partial charge in [-0.05, 0) is 30.9 Å². The molecule has 0 spiro atoms. The quantitative estimate of drug-likeness (QED) is 0.927. The second kappa shape index (κ2) is 4.58. The van der Waals surface area contributed by atoms with Crippen molar-refractivity contribution in [3.8, 4) is 0 Å².